The van der Waals surface area contributed by atoms with Gasteiger partial charge in [0.25, 0.3) is 5.91 Å². The maximum atomic E-state index is 11.7. The van der Waals surface area contributed by atoms with Gasteiger partial charge in [-0.1, -0.05) is 12.1 Å². The van der Waals surface area contributed by atoms with E-state index >= 15 is 0 Å². The molecule has 0 bridgehead atoms. The lowest BCUT2D eigenvalue weighted by Gasteiger charge is -2.05. The summed E-state index contributed by atoms with van der Waals surface area (Å²) in [5.41, 5.74) is 0.738. The van der Waals surface area contributed by atoms with Crippen molar-refractivity contribution in [3.05, 3.63) is 41.6 Å². The third-order valence-corrected chi connectivity index (χ3v) is 2.50. The zero-order valence-electron chi connectivity index (χ0n) is 11.2. The Morgan fingerprint density at radius 3 is 2.52 bits per heavy atom. The number of hydrogen-bond donors (Lipinski definition) is 4. The molecular weight excluding hydrogens is 274 g/mol. The van der Waals surface area contributed by atoms with Crippen LogP contribution in [0.5, 0.6) is 5.75 Å². The molecule has 0 atom stereocenters. The van der Waals surface area contributed by atoms with Crippen molar-refractivity contribution in [2.75, 3.05) is 13.1 Å². The largest absolute Gasteiger partial charge is 0.508 e. The van der Waals surface area contributed by atoms with Crippen LogP contribution in [0.1, 0.15) is 5.56 Å². The molecule has 21 heavy (non-hydrogen) atoms. The van der Waals surface area contributed by atoms with Crippen molar-refractivity contribution in [3.8, 4) is 11.8 Å². The van der Waals surface area contributed by atoms with Crippen LogP contribution in [0.3, 0.4) is 0 Å². The number of hydrogen-bond acceptors (Lipinski definition) is 5. The molecular formula is C14H15N3O4. The van der Waals surface area contributed by atoms with Crippen LogP contribution in [0.15, 0.2) is 36.0 Å². The Labute approximate surface area is 121 Å². The summed E-state index contributed by atoms with van der Waals surface area (Å²) < 4.78 is 0. The third kappa shape index (κ3) is 6.11. The number of phenols is 1. The second kappa shape index (κ2) is 8.22. The molecule has 0 aromatic heterocycles. The Morgan fingerprint density at radius 1 is 1.29 bits per heavy atom. The number of benzene rings is 1. The third-order valence-electron chi connectivity index (χ3n) is 2.50. The molecule has 1 aromatic carbocycles. The van der Waals surface area contributed by atoms with Crippen LogP contribution in [0.2, 0.25) is 0 Å². The summed E-state index contributed by atoms with van der Waals surface area (Å²) in [6.07, 6.45) is 1.62. The van der Waals surface area contributed by atoms with Gasteiger partial charge in [-0.2, -0.15) is 5.26 Å². The number of amides is 1. The molecule has 7 heteroatoms. The first-order valence-electron chi connectivity index (χ1n) is 6.14. The average molecular weight is 289 g/mol. The first-order chi connectivity index (χ1) is 10.0. The summed E-state index contributed by atoms with van der Waals surface area (Å²) >= 11 is 0. The Bertz CT molecular complexity index is 573. The van der Waals surface area contributed by atoms with E-state index in [0.29, 0.717) is 13.0 Å². The van der Waals surface area contributed by atoms with Gasteiger partial charge in [-0.3, -0.25) is 9.59 Å². The van der Waals surface area contributed by atoms with E-state index in [1.165, 1.54) is 0 Å². The van der Waals surface area contributed by atoms with Gasteiger partial charge in [0.2, 0.25) is 0 Å². The van der Waals surface area contributed by atoms with E-state index < -0.39 is 11.9 Å². The smallest absolute Gasteiger partial charge is 0.322 e. The lowest BCUT2D eigenvalue weighted by atomic mass is 10.1. The van der Waals surface area contributed by atoms with Crippen LogP contribution in [0, 0.1) is 11.3 Å². The van der Waals surface area contributed by atoms with Gasteiger partial charge in [0.05, 0.1) is 0 Å². The predicted octanol–water partition coefficient (Wildman–Crippen LogP) is 0.133. The monoisotopic (exact) mass is 289 g/mol. The van der Waals surface area contributed by atoms with Crippen molar-refractivity contribution < 1.29 is 19.8 Å². The standard InChI is InChI=1S/C14H15N3O4/c15-7-11(8-16-9-13(19)20)14(21)17-6-5-10-1-3-12(18)4-2-10/h1-4,8,16,18H,5-6,9H2,(H,17,21)(H,19,20)/b11-8-. The maximum absolute atomic E-state index is 11.7. The summed E-state index contributed by atoms with van der Waals surface area (Å²) in [5, 5.41) is 31.3. The van der Waals surface area contributed by atoms with E-state index in [9.17, 15) is 9.59 Å². The van der Waals surface area contributed by atoms with Gasteiger partial charge < -0.3 is 20.8 Å². The molecule has 0 saturated heterocycles. The van der Waals surface area contributed by atoms with Crippen molar-refractivity contribution in [2.45, 2.75) is 6.42 Å². The molecule has 0 fully saturated rings. The van der Waals surface area contributed by atoms with Crippen molar-refractivity contribution >= 4 is 11.9 Å². The molecule has 0 aliphatic heterocycles. The fourth-order valence-corrected chi connectivity index (χ4v) is 1.47. The van der Waals surface area contributed by atoms with Gasteiger partial charge in [0, 0.05) is 12.7 Å². The number of carboxylic acid groups (broad SMARTS) is 1. The highest BCUT2D eigenvalue weighted by molar-refractivity contribution is 5.97. The molecule has 0 aliphatic rings. The summed E-state index contributed by atoms with van der Waals surface area (Å²) in [6, 6.07) is 8.26. The summed E-state index contributed by atoms with van der Waals surface area (Å²) in [7, 11) is 0. The number of aromatic hydroxyl groups is 1. The Hall–Kier alpha value is -3.01. The molecule has 0 spiro atoms. The number of rotatable bonds is 7. The summed E-state index contributed by atoms with van der Waals surface area (Å²) in [4.78, 5) is 22.0. The minimum atomic E-state index is -1.09. The highest BCUT2D eigenvalue weighted by atomic mass is 16.4. The number of nitrogens with zero attached hydrogens (tertiary/aromatic N) is 1. The molecule has 1 aromatic rings. The van der Waals surface area contributed by atoms with Gasteiger partial charge >= 0.3 is 5.97 Å². The van der Waals surface area contributed by atoms with Crippen LogP contribution < -0.4 is 10.6 Å². The number of carbonyl (C=O) groups excluding carboxylic acids is 1. The number of nitriles is 1. The number of phenolic OH excluding ortho intramolecular Hbond substituents is 1. The topological polar surface area (TPSA) is 122 Å². The van der Waals surface area contributed by atoms with Gasteiger partial charge in [-0.05, 0) is 24.1 Å². The van der Waals surface area contributed by atoms with Gasteiger partial charge in [-0.25, -0.2) is 0 Å². The van der Waals surface area contributed by atoms with Gasteiger partial charge in [0.1, 0.15) is 23.9 Å². The van der Waals surface area contributed by atoms with E-state index in [0.717, 1.165) is 11.8 Å². The van der Waals surface area contributed by atoms with Crippen LogP contribution in [0.4, 0.5) is 0 Å². The Kier molecular flexibility index (Phi) is 6.28. The minimum Gasteiger partial charge on any atom is -0.508 e. The van der Waals surface area contributed by atoms with Crippen molar-refractivity contribution in [2.24, 2.45) is 0 Å². The fraction of sp³-hybridized carbons (Fsp3) is 0.214. The zero-order chi connectivity index (χ0) is 15.7. The summed E-state index contributed by atoms with van der Waals surface area (Å²) in [5.74, 6) is -1.49. The molecule has 4 N–H and O–H groups in total. The quantitative estimate of drug-likeness (QED) is 0.418. The molecule has 0 saturated carbocycles. The fourth-order valence-electron chi connectivity index (χ4n) is 1.47. The van der Waals surface area contributed by atoms with Crippen LogP contribution in [0.25, 0.3) is 0 Å². The van der Waals surface area contributed by atoms with Crippen LogP contribution in [-0.2, 0) is 16.0 Å². The normalized spacial score (nSPS) is 10.5. The second-order valence-electron chi connectivity index (χ2n) is 4.12. The van der Waals surface area contributed by atoms with E-state index in [-0.39, 0.29) is 17.9 Å². The average Bonchev–Trinajstić information content (AvgIpc) is 2.45. The minimum absolute atomic E-state index is 0.169. The van der Waals surface area contributed by atoms with E-state index in [1.807, 2.05) is 0 Å². The second-order valence-corrected chi connectivity index (χ2v) is 4.12. The van der Waals surface area contributed by atoms with Crippen molar-refractivity contribution in [1.82, 2.24) is 10.6 Å². The van der Waals surface area contributed by atoms with Gasteiger partial charge in [-0.15, -0.1) is 0 Å². The zero-order valence-corrected chi connectivity index (χ0v) is 11.2. The number of nitrogens with one attached hydrogen (secondary N) is 2. The molecule has 0 unspecified atom stereocenters. The molecule has 7 nitrogen and oxygen atoms in total. The molecule has 1 amide bonds. The Morgan fingerprint density at radius 2 is 1.95 bits per heavy atom. The molecule has 0 radical (unpaired) electrons. The SMILES string of the molecule is N#C/C(=C/NCC(=O)O)C(=O)NCCc1ccc(O)cc1. The highest BCUT2D eigenvalue weighted by Crippen LogP contribution is 2.09. The lowest BCUT2D eigenvalue weighted by Crippen LogP contribution is -2.28. The first-order valence-corrected chi connectivity index (χ1v) is 6.14. The van der Waals surface area contributed by atoms with E-state index in [4.69, 9.17) is 15.5 Å². The van der Waals surface area contributed by atoms with E-state index in [1.54, 1.807) is 30.3 Å². The van der Waals surface area contributed by atoms with E-state index in [2.05, 4.69) is 10.6 Å². The Balaban J connectivity index is 2.42. The number of carboxylic acids is 1. The molecule has 1 rings (SSSR count). The maximum Gasteiger partial charge on any atom is 0.322 e. The first kappa shape index (κ1) is 16.0. The number of aliphatic carboxylic acids is 1. The van der Waals surface area contributed by atoms with Gasteiger partial charge in [0.15, 0.2) is 0 Å². The van der Waals surface area contributed by atoms with Crippen molar-refractivity contribution in [3.63, 3.8) is 0 Å². The molecule has 0 heterocycles. The summed E-state index contributed by atoms with van der Waals surface area (Å²) in [6.45, 7) is -0.0481. The predicted molar refractivity (Wildman–Crippen MR) is 74.2 cm³/mol. The number of carbonyl (C=O) groups is 2. The lowest BCUT2D eigenvalue weighted by molar-refractivity contribution is -0.135. The molecule has 0 aliphatic carbocycles. The van der Waals surface area contributed by atoms with Crippen LogP contribution in [-0.4, -0.2) is 35.2 Å². The van der Waals surface area contributed by atoms with Crippen LogP contribution >= 0.6 is 0 Å². The van der Waals surface area contributed by atoms with Crippen molar-refractivity contribution in [1.29, 1.82) is 5.26 Å². The highest BCUT2D eigenvalue weighted by Gasteiger charge is 2.08. The molecule has 110 valence electrons.